The summed E-state index contributed by atoms with van der Waals surface area (Å²) in [4.78, 5) is 0. The van der Waals surface area contributed by atoms with Crippen LogP contribution in [0.3, 0.4) is 0 Å². The molecule has 0 radical (unpaired) electrons. The van der Waals surface area contributed by atoms with E-state index in [0.29, 0.717) is 18.7 Å². The van der Waals surface area contributed by atoms with Crippen LogP contribution in [-0.4, -0.2) is 33.1 Å². The number of aliphatic hydroxyl groups excluding tert-OH is 1. The molecule has 0 saturated heterocycles. The van der Waals surface area contributed by atoms with Gasteiger partial charge in [0.2, 0.25) is 5.75 Å². The number of benzene rings is 1. The molecule has 0 heterocycles. The van der Waals surface area contributed by atoms with Gasteiger partial charge in [-0.1, -0.05) is 18.9 Å². The van der Waals surface area contributed by atoms with Gasteiger partial charge < -0.3 is 25.7 Å². The Hall–Kier alpha value is -1.46. The van der Waals surface area contributed by atoms with Crippen molar-refractivity contribution < 1.29 is 20.4 Å². The first kappa shape index (κ1) is 14.0. The summed E-state index contributed by atoms with van der Waals surface area (Å²) in [6, 6.07) is 2.91. The molecule has 106 valence electrons. The lowest BCUT2D eigenvalue weighted by Gasteiger charge is -2.27. The molecule has 2 atom stereocenters. The second-order valence-corrected chi connectivity index (χ2v) is 5.18. The summed E-state index contributed by atoms with van der Waals surface area (Å²) in [7, 11) is 0. The van der Waals surface area contributed by atoms with E-state index in [2.05, 4.69) is 5.32 Å². The van der Waals surface area contributed by atoms with Crippen LogP contribution >= 0.6 is 0 Å². The fourth-order valence-corrected chi connectivity index (χ4v) is 2.57. The van der Waals surface area contributed by atoms with Gasteiger partial charge in [-0.05, 0) is 24.8 Å². The van der Waals surface area contributed by atoms with Crippen molar-refractivity contribution in [3.8, 4) is 17.2 Å². The molecule has 1 aliphatic carbocycles. The number of aromatic hydroxyl groups is 3. The SMILES string of the molecule is Oc1ccc(CNCC2CCCCC2O)c(O)c1O. The molecule has 19 heavy (non-hydrogen) atoms. The van der Waals surface area contributed by atoms with Gasteiger partial charge >= 0.3 is 0 Å². The standard InChI is InChI=1S/C14H21NO4/c16-11-4-2-1-3-9(11)7-15-8-10-5-6-12(17)14(19)13(10)18/h5-6,9,11,15-19H,1-4,7-8H2. The van der Waals surface area contributed by atoms with E-state index in [1.54, 1.807) is 6.07 Å². The summed E-state index contributed by atoms with van der Waals surface area (Å²) >= 11 is 0. The highest BCUT2D eigenvalue weighted by atomic mass is 16.3. The van der Waals surface area contributed by atoms with E-state index in [0.717, 1.165) is 25.7 Å². The molecular weight excluding hydrogens is 246 g/mol. The number of aliphatic hydroxyl groups is 1. The summed E-state index contributed by atoms with van der Waals surface area (Å²) in [6.45, 7) is 1.07. The smallest absolute Gasteiger partial charge is 0.200 e. The van der Waals surface area contributed by atoms with Crippen molar-refractivity contribution in [1.29, 1.82) is 0 Å². The summed E-state index contributed by atoms with van der Waals surface area (Å²) in [5, 5.41) is 41.3. The van der Waals surface area contributed by atoms with Crippen LogP contribution in [-0.2, 0) is 6.54 Å². The fraction of sp³-hybridized carbons (Fsp3) is 0.571. The largest absolute Gasteiger partial charge is 0.504 e. The zero-order chi connectivity index (χ0) is 13.8. The highest BCUT2D eigenvalue weighted by molar-refractivity contribution is 5.52. The molecule has 2 rings (SSSR count). The molecule has 0 bridgehead atoms. The quantitative estimate of drug-likeness (QED) is 0.532. The molecule has 0 aromatic heterocycles. The van der Waals surface area contributed by atoms with E-state index < -0.39 is 5.75 Å². The van der Waals surface area contributed by atoms with Crippen LogP contribution < -0.4 is 5.32 Å². The first-order chi connectivity index (χ1) is 9.09. The van der Waals surface area contributed by atoms with Crippen LogP contribution in [0.5, 0.6) is 17.2 Å². The van der Waals surface area contributed by atoms with E-state index >= 15 is 0 Å². The van der Waals surface area contributed by atoms with Crippen LogP contribution in [0.1, 0.15) is 31.2 Å². The van der Waals surface area contributed by atoms with Crippen molar-refractivity contribution in [2.24, 2.45) is 5.92 Å². The van der Waals surface area contributed by atoms with Crippen molar-refractivity contribution in [3.05, 3.63) is 17.7 Å². The zero-order valence-corrected chi connectivity index (χ0v) is 10.8. The molecule has 0 aliphatic heterocycles. The molecule has 1 aliphatic rings. The predicted molar refractivity (Wildman–Crippen MR) is 71.1 cm³/mol. The van der Waals surface area contributed by atoms with Crippen LogP contribution in [0, 0.1) is 5.92 Å². The van der Waals surface area contributed by atoms with Crippen molar-refractivity contribution in [1.82, 2.24) is 5.32 Å². The normalized spacial score (nSPS) is 23.4. The van der Waals surface area contributed by atoms with Gasteiger partial charge in [0, 0.05) is 18.7 Å². The number of hydrogen-bond acceptors (Lipinski definition) is 5. The fourth-order valence-electron chi connectivity index (χ4n) is 2.57. The summed E-state index contributed by atoms with van der Waals surface area (Å²) in [5.74, 6) is -0.862. The molecule has 0 spiro atoms. The Morgan fingerprint density at radius 1 is 1.05 bits per heavy atom. The van der Waals surface area contributed by atoms with Gasteiger partial charge in [-0.2, -0.15) is 0 Å². The van der Waals surface area contributed by atoms with Gasteiger partial charge in [0.15, 0.2) is 11.5 Å². The molecule has 2 unspecified atom stereocenters. The van der Waals surface area contributed by atoms with E-state index in [9.17, 15) is 20.4 Å². The van der Waals surface area contributed by atoms with Crippen LogP contribution in [0.15, 0.2) is 12.1 Å². The average Bonchev–Trinajstić information content (AvgIpc) is 2.41. The average molecular weight is 267 g/mol. The Morgan fingerprint density at radius 2 is 1.79 bits per heavy atom. The second kappa shape index (κ2) is 6.12. The van der Waals surface area contributed by atoms with Crippen molar-refractivity contribution >= 4 is 0 Å². The van der Waals surface area contributed by atoms with Gasteiger partial charge in [0.25, 0.3) is 0 Å². The van der Waals surface area contributed by atoms with Gasteiger partial charge in [0.1, 0.15) is 0 Å². The first-order valence-corrected chi connectivity index (χ1v) is 6.71. The minimum Gasteiger partial charge on any atom is -0.504 e. The van der Waals surface area contributed by atoms with Crippen LogP contribution in [0.25, 0.3) is 0 Å². The minimum atomic E-state index is -0.489. The molecule has 5 heteroatoms. The second-order valence-electron chi connectivity index (χ2n) is 5.18. The monoisotopic (exact) mass is 267 g/mol. The lowest BCUT2D eigenvalue weighted by molar-refractivity contribution is 0.0695. The van der Waals surface area contributed by atoms with Crippen molar-refractivity contribution in [2.75, 3.05) is 6.54 Å². The van der Waals surface area contributed by atoms with Crippen LogP contribution in [0.2, 0.25) is 0 Å². The third-order valence-electron chi connectivity index (χ3n) is 3.80. The maximum Gasteiger partial charge on any atom is 0.200 e. The minimum absolute atomic E-state index is 0.247. The van der Waals surface area contributed by atoms with Gasteiger partial charge in [0.05, 0.1) is 6.10 Å². The molecule has 1 fully saturated rings. The zero-order valence-electron chi connectivity index (χ0n) is 10.8. The van der Waals surface area contributed by atoms with E-state index in [4.69, 9.17) is 0 Å². The Balaban J connectivity index is 1.87. The molecular formula is C14H21NO4. The molecule has 5 N–H and O–H groups in total. The molecule has 1 aromatic carbocycles. The summed E-state index contributed by atoms with van der Waals surface area (Å²) < 4.78 is 0. The topological polar surface area (TPSA) is 93.0 Å². The number of phenolic OH excluding ortho intramolecular Hbond substituents is 3. The molecule has 1 aromatic rings. The Labute approximate surface area is 112 Å². The lowest BCUT2D eigenvalue weighted by Crippen LogP contribution is -2.33. The lowest BCUT2D eigenvalue weighted by atomic mass is 9.86. The van der Waals surface area contributed by atoms with E-state index in [1.165, 1.54) is 6.07 Å². The maximum absolute atomic E-state index is 9.84. The predicted octanol–water partition coefficient (Wildman–Crippen LogP) is 1.44. The maximum atomic E-state index is 9.84. The molecule has 1 saturated carbocycles. The Bertz CT molecular complexity index is 436. The van der Waals surface area contributed by atoms with Gasteiger partial charge in [-0.3, -0.25) is 0 Å². The van der Waals surface area contributed by atoms with Crippen molar-refractivity contribution in [2.45, 2.75) is 38.3 Å². The number of nitrogens with one attached hydrogen (secondary N) is 1. The highest BCUT2D eigenvalue weighted by Crippen LogP contribution is 2.36. The summed E-state index contributed by atoms with van der Waals surface area (Å²) in [5.41, 5.74) is 0.528. The number of rotatable bonds is 4. The third kappa shape index (κ3) is 3.30. The third-order valence-corrected chi connectivity index (χ3v) is 3.80. The molecule has 0 amide bonds. The van der Waals surface area contributed by atoms with E-state index in [1.807, 2.05) is 0 Å². The van der Waals surface area contributed by atoms with Gasteiger partial charge in [-0.25, -0.2) is 0 Å². The number of phenols is 3. The highest BCUT2D eigenvalue weighted by Gasteiger charge is 2.22. The van der Waals surface area contributed by atoms with Crippen molar-refractivity contribution in [3.63, 3.8) is 0 Å². The van der Waals surface area contributed by atoms with Gasteiger partial charge in [-0.15, -0.1) is 0 Å². The Morgan fingerprint density at radius 3 is 2.53 bits per heavy atom. The molecule has 5 nitrogen and oxygen atoms in total. The first-order valence-electron chi connectivity index (χ1n) is 6.71. The Kier molecular flexibility index (Phi) is 4.50. The number of hydrogen-bond donors (Lipinski definition) is 5. The van der Waals surface area contributed by atoms with Crippen LogP contribution in [0.4, 0.5) is 0 Å². The summed E-state index contributed by atoms with van der Waals surface area (Å²) in [6.07, 6.45) is 3.86. The van der Waals surface area contributed by atoms with E-state index in [-0.39, 0.29) is 23.5 Å².